The molecule has 0 spiro atoms. The highest BCUT2D eigenvalue weighted by Crippen LogP contribution is 2.29. The number of nitrogens with one attached hydrogen (secondary N) is 1. The minimum absolute atomic E-state index is 0.0171. The van der Waals surface area contributed by atoms with Gasteiger partial charge in [-0.25, -0.2) is 21.6 Å². The Morgan fingerprint density at radius 2 is 1.63 bits per heavy atom. The predicted octanol–water partition coefficient (Wildman–Crippen LogP) is 1.76. The number of oxazole rings is 1. The highest BCUT2D eigenvalue weighted by molar-refractivity contribution is 7.92. The number of benzene rings is 2. The maximum absolute atomic E-state index is 13.0. The Bertz CT molecular complexity index is 1330. The van der Waals surface area contributed by atoms with Crippen LogP contribution in [0.25, 0.3) is 11.1 Å². The van der Waals surface area contributed by atoms with E-state index in [0.29, 0.717) is 5.75 Å². The second-order valence-electron chi connectivity index (χ2n) is 7.00. The lowest BCUT2D eigenvalue weighted by molar-refractivity contribution is 0.345. The molecular weight excluding hydrogens is 432 g/mol. The maximum atomic E-state index is 13.0. The summed E-state index contributed by atoms with van der Waals surface area (Å²) in [6.45, 7) is 0.171. The van der Waals surface area contributed by atoms with E-state index >= 15 is 0 Å². The molecule has 0 bridgehead atoms. The van der Waals surface area contributed by atoms with Crippen molar-refractivity contribution in [3.05, 3.63) is 53.0 Å². The molecule has 1 aliphatic rings. The van der Waals surface area contributed by atoms with Crippen molar-refractivity contribution in [3.63, 3.8) is 0 Å². The normalized spacial score (nSPS) is 16.7. The van der Waals surface area contributed by atoms with Crippen LogP contribution in [0, 0.1) is 0 Å². The largest absolute Gasteiger partial charge is 0.497 e. The van der Waals surface area contributed by atoms with Gasteiger partial charge in [-0.3, -0.25) is 4.98 Å². The number of hydrogen-bond donors (Lipinski definition) is 1. The van der Waals surface area contributed by atoms with E-state index < -0.39 is 30.9 Å². The molecule has 0 unspecified atom stereocenters. The van der Waals surface area contributed by atoms with Gasteiger partial charge in [-0.15, -0.1) is 0 Å². The monoisotopic (exact) mass is 452 g/mol. The summed E-state index contributed by atoms with van der Waals surface area (Å²) in [5, 5.41) is -0.662. The summed E-state index contributed by atoms with van der Waals surface area (Å²) in [6, 6.07) is 10.3. The van der Waals surface area contributed by atoms with Crippen LogP contribution in [0.4, 0.5) is 0 Å². The van der Waals surface area contributed by atoms with Crippen molar-refractivity contribution < 1.29 is 26.0 Å². The fourth-order valence-electron chi connectivity index (χ4n) is 3.58. The van der Waals surface area contributed by atoms with Gasteiger partial charge in [0, 0.05) is 13.1 Å². The van der Waals surface area contributed by atoms with Crippen LogP contribution in [0.1, 0.15) is 12.8 Å². The minimum atomic E-state index is -3.83. The first kappa shape index (κ1) is 20.6. The van der Waals surface area contributed by atoms with Gasteiger partial charge in [0.2, 0.25) is 10.0 Å². The Hall–Kier alpha value is -2.63. The first-order chi connectivity index (χ1) is 14.2. The number of aromatic amines is 1. The molecule has 0 saturated carbocycles. The third-order valence-corrected chi connectivity index (χ3v) is 9.43. The molecule has 0 atom stereocenters. The van der Waals surface area contributed by atoms with Crippen molar-refractivity contribution in [2.75, 3.05) is 20.2 Å². The number of piperidine rings is 1. The Morgan fingerprint density at radius 3 is 2.27 bits per heavy atom. The number of ether oxygens (including phenoxy) is 1. The lowest BCUT2D eigenvalue weighted by Crippen LogP contribution is -2.42. The van der Waals surface area contributed by atoms with Crippen molar-refractivity contribution in [2.45, 2.75) is 27.9 Å². The van der Waals surface area contributed by atoms with Gasteiger partial charge in [-0.1, -0.05) is 0 Å². The molecule has 4 rings (SSSR count). The lowest BCUT2D eigenvalue weighted by Gasteiger charge is -2.31. The van der Waals surface area contributed by atoms with Gasteiger partial charge in [-0.2, -0.15) is 4.31 Å². The summed E-state index contributed by atoms with van der Waals surface area (Å²) in [5.74, 6) is -0.102. The van der Waals surface area contributed by atoms with Gasteiger partial charge < -0.3 is 9.15 Å². The van der Waals surface area contributed by atoms with Gasteiger partial charge in [0.25, 0.3) is 0 Å². The molecular formula is C19H20N2O7S2. The molecule has 0 amide bonds. The zero-order chi connectivity index (χ0) is 21.5. The van der Waals surface area contributed by atoms with Crippen molar-refractivity contribution in [1.82, 2.24) is 9.29 Å². The Morgan fingerprint density at radius 1 is 1.00 bits per heavy atom. The smallest absolute Gasteiger partial charge is 0.417 e. The van der Waals surface area contributed by atoms with E-state index in [1.54, 1.807) is 12.1 Å². The van der Waals surface area contributed by atoms with Crippen LogP contribution in [-0.4, -0.2) is 51.6 Å². The van der Waals surface area contributed by atoms with Crippen molar-refractivity contribution in [3.8, 4) is 5.75 Å². The number of nitrogens with zero attached hydrogens (tertiary/aromatic N) is 1. The quantitative estimate of drug-likeness (QED) is 0.625. The molecule has 3 aromatic rings. The molecule has 2 heterocycles. The van der Waals surface area contributed by atoms with Gasteiger partial charge in [0.15, 0.2) is 15.4 Å². The number of sulfone groups is 1. The van der Waals surface area contributed by atoms with E-state index in [1.807, 2.05) is 0 Å². The van der Waals surface area contributed by atoms with E-state index in [2.05, 4.69) is 4.98 Å². The summed E-state index contributed by atoms with van der Waals surface area (Å²) < 4.78 is 63.0. The molecule has 11 heteroatoms. The average molecular weight is 453 g/mol. The summed E-state index contributed by atoms with van der Waals surface area (Å²) in [7, 11) is -5.90. The van der Waals surface area contributed by atoms with Crippen LogP contribution >= 0.6 is 0 Å². The molecule has 30 heavy (non-hydrogen) atoms. The molecule has 2 aromatic carbocycles. The van der Waals surface area contributed by atoms with Gasteiger partial charge >= 0.3 is 5.76 Å². The number of aromatic nitrogens is 1. The molecule has 0 radical (unpaired) electrons. The molecule has 9 nitrogen and oxygen atoms in total. The van der Waals surface area contributed by atoms with Crippen LogP contribution in [0.15, 0.2) is 61.5 Å². The number of hydrogen-bond acceptors (Lipinski definition) is 7. The number of H-pyrrole nitrogens is 1. The highest BCUT2D eigenvalue weighted by Gasteiger charge is 2.35. The summed E-state index contributed by atoms with van der Waals surface area (Å²) >= 11 is 0. The Balaban J connectivity index is 1.51. The standard InChI is InChI=1S/C19H20N2O7S2/c1-27-13-2-4-14(5-3-13)29(23,24)15-8-10-21(11-9-15)30(25,26)16-6-7-18-17(12-16)20-19(22)28-18/h2-7,12,15H,8-11H2,1H3,(H,20,22). The number of sulfonamides is 1. The van der Waals surface area contributed by atoms with E-state index in [4.69, 9.17) is 9.15 Å². The van der Waals surface area contributed by atoms with Crippen molar-refractivity contribution >= 4 is 31.0 Å². The van der Waals surface area contributed by atoms with Crippen molar-refractivity contribution in [2.24, 2.45) is 0 Å². The second-order valence-corrected chi connectivity index (χ2v) is 11.2. The number of fused-ring (bicyclic) bond motifs is 1. The molecule has 1 fully saturated rings. The average Bonchev–Trinajstić information content (AvgIpc) is 3.13. The topological polar surface area (TPSA) is 127 Å². The summed E-state index contributed by atoms with van der Waals surface area (Å²) in [5.41, 5.74) is 0.557. The van der Waals surface area contributed by atoms with E-state index in [9.17, 15) is 21.6 Å². The first-order valence-corrected chi connectivity index (χ1v) is 12.2. The van der Waals surface area contributed by atoms with E-state index in [-0.39, 0.29) is 46.8 Å². The third-order valence-electron chi connectivity index (χ3n) is 5.26. The minimum Gasteiger partial charge on any atom is -0.497 e. The van der Waals surface area contributed by atoms with Crippen LogP contribution in [-0.2, 0) is 19.9 Å². The molecule has 1 aliphatic heterocycles. The fraction of sp³-hybridized carbons (Fsp3) is 0.316. The number of methoxy groups -OCH3 is 1. The van der Waals surface area contributed by atoms with Gasteiger partial charge in [0.05, 0.1) is 27.7 Å². The molecule has 1 saturated heterocycles. The molecule has 1 N–H and O–H groups in total. The van der Waals surface area contributed by atoms with Gasteiger partial charge in [-0.05, 0) is 55.3 Å². The molecule has 0 aliphatic carbocycles. The fourth-order valence-corrected chi connectivity index (χ4v) is 6.81. The lowest BCUT2D eigenvalue weighted by atomic mass is 10.2. The summed E-state index contributed by atoms with van der Waals surface area (Å²) in [4.78, 5) is 13.9. The first-order valence-electron chi connectivity index (χ1n) is 9.23. The van der Waals surface area contributed by atoms with E-state index in [1.165, 1.54) is 41.7 Å². The Kier molecular flexibility index (Phi) is 5.20. The Labute approximate surface area is 173 Å². The van der Waals surface area contributed by atoms with Crippen LogP contribution < -0.4 is 10.5 Å². The highest BCUT2D eigenvalue weighted by atomic mass is 32.2. The zero-order valence-electron chi connectivity index (χ0n) is 16.1. The number of rotatable bonds is 5. The zero-order valence-corrected chi connectivity index (χ0v) is 17.7. The van der Waals surface area contributed by atoms with E-state index in [0.717, 1.165) is 0 Å². The van der Waals surface area contributed by atoms with Crippen LogP contribution in [0.3, 0.4) is 0 Å². The third kappa shape index (κ3) is 3.64. The predicted molar refractivity (Wildman–Crippen MR) is 109 cm³/mol. The van der Waals surface area contributed by atoms with Gasteiger partial charge in [0.1, 0.15) is 5.75 Å². The van der Waals surface area contributed by atoms with Crippen LogP contribution in [0.5, 0.6) is 5.75 Å². The van der Waals surface area contributed by atoms with Crippen molar-refractivity contribution in [1.29, 1.82) is 0 Å². The SMILES string of the molecule is COc1ccc(S(=O)(=O)C2CCN(S(=O)(=O)c3ccc4oc(=O)[nH]c4c3)CC2)cc1. The van der Waals surface area contributed by atoms with Crippen LogP contribution in [0.2, 0.25) is 0 Å². The molecule has 160 valence electrons. The summed E-state index contributed by atoms with van der Waals surface area (Å²) in [6.07, 6.45) is 0.386. The maximum Gasteiger partial charge on any atom is 0.417 e. The second kappa shape index (κ2) is 7.56. The molecule has 1 aromatic heterocycles.